The van der Waals surface area contributed by atoms with Gasteiger partial charge in [0, 0.05) is 29.4 Å². The minimum absolute atomic E-state index is 0.206. The van der Waals surface area contributed by atoms with Crippen LogP contribution in [-0.4, -0.2) is 25.4 Å². The third-order valence-electron chi connectivity index (χ3n) is 4.10. The van der Waals surface area contributed by atoms with Crippen molar-refractivity contribution < 1.29 is 9.32 Å². The molecule has 1 amide bonds. The molecule has 8 heteroatoms. The van der Waals surface area contributed by atoms with Crippen molar-refractivity contribution in [3.8, 4) is 0 Å². The molecule has 0 aliphatic rings. The Morgan fingerprint density at radius 2 is 2.08 bits per heavy atom. The number of fused-ring (bicyclic) bond motifs is 3. The van der Waals surface area contributed by atoms with E-state index >= 15 is 0 Å². The van der Waals surface area contributed by atoms with Crippen molar-refractivity contribution in [1.82, 2.24) is 19.5 Å². The zero-order chi connectivity index (χ0) is 17.6. The molecule has 0 saturated carbocycles. The van der Waals surface area contributed by atoms with Gasteiger partial charge in [0.15, 0.2) is 5.82 Å². The lowest BCUT2D eigenvalue weighted by Crippen LogP contribution is -2.30. The lowest BCUT2D eigenvalue weighted by atomic mass is 10.2. The molecule has 25 heavy (non-hydrogen) atoms. The molecule has 0 spiro atoms. The van der Waals surface area contributed by atoms with Gasteiger partial charge in [0.1, 0.15) is 17.8 Å². The zero-order valence-electron chi connectivity index (χ0n) is 13.7. The molecule has 0 atom stereocenters. The number of aryl methyl sites for hydroxylation is 2. The minimum atomic E-state index is -0.402. The third kappa shape index (κ3) is 2.47. The maximum Gasteiger partial charge on any atom is 0.291 e. The monoisotopic (exact) mass is 337 g/mol. The number of nitrogens with one attached hydrogen (secondary N) is 1. The van der Waals surface area contributed by atoms with Crippen molar-refractivity contribution in [2.45, 2.75) is 13.5 Å². The van der Waals surface area contributed by atoms with Crippen molar-refractivity contribution in [3.05, 3.63) is 52.6 Å². The molecule has 8 nitrogen and oxygen atoms in total. The first-order valence-corrected chi connectivity index (χ1v) is 7.71. The van der Waals surface area contributed by atoms with Gasteiger partial charge < -0.3 is 14.4 Å². The fourth-order valence-electron chi connectivity index (χ4n) is 2.97. The van der Waals surface area contributed by atoms with E-state index in [1.165, 1.54) is 0 Å². The first-order chi connectivity index (χ1) is 12.0. The number of hydrogen-bond acceptors (Lipinski definition) is 5. The highest BCUT2D eigenvalue weighted by Gasteiger charge is 2.15. The van der Waals surface area contributed by atoms with E-state index in [1.807, 2.05) is 35.9 Å². The van der Waals surface area contributed by atoms with Gasteiger partial charge in [-0.3, -0.25) is 9.59 Å². The summed E-state index contributed by atoms with van der Waals surface area (Å²) in [6.07, 6.45) is 1.62. The summed E-state index contributed by atoms with van der Waals surface area (Å²) >= 11 is 0. The quantitative estimate of drug-likeness (QED) is 0.615. The highest BCUT2D eigenvalue weighted by molar-refractivity contribution is 6.07. The van der Waals surface area contributed by atoms with Crippen molar-refractivity contribution in [3.63, 3.8) is 0 Å². The number of nitrogens with zero attached hydrogens (tertiary/aromatic N) is 4. The maximum absolute atomic E-state index is 12.8. The molecular formula is C17H15N5O3. The smallest absolute Gasteiger partial charge is 0.291 e. The van der Waals surface area contributed by atoms with E-state index in [0.717, 1.165) is 21.0 Å². The standard InChI is InChI=1S/C17H15N5O3/c1-10-7-14(20-25-10)19-15(23)9-22-17(24)16-12(8-18-22)11-5-3-4-6-13(11)21(16)2/h3-8H,9H2,1-2H3,(H,19,20,23). The highest BCUT2D eigenvalue weighted by Crippen LogP contribution is 2.24. The molecule has 0 aliphatic carbocycles. The molecule has 0 bridgehead atoms. The van der Waals surface area contributed by atoms with Crippen LogP contribution in [0.15, 0.2) is 45.8 Å². The normalized spacial score (nSPS) is 11.3. The number of carbonyl (C=O) groups excluding carboxylic acids is 1. The summed E-state index contributed by atoms with van der Waals surface area (Å²) < 4.78 is 7.86. The number of anilines is 1. The van der Waals surface area contributed by atoms with Gasteiger partial charge in [0.25, 0.3) is 5.56 Å². The summed E-state index contributed by atoms with van der Waals surface area (Å²) in [6, 6.07) is 9.32. The van der Waals surface area contributed by atoms with E-state index < -0.39 is 5.91 Å². The van der Waals surface area contributed by atoms with Crippen LogP contribution in [0.5, 0.6) is 0 Å². The number of benzene rings is 1. The largest absolute Gasteiger partial charge is 0.360 e. The average Bonchev–Trinajstić information content (AvgIpc) is 3.12. The zero-order valence-corrected chi connectivity index (χ0v) is 13.7. The van der Waals surface area contributed by atoms with Gasteiger partial charge in [-0.25, -0.2) is 4.68 Å². The van der Waals surface area contributed by atoms with Crippen molar-refractivity contribution in [1.29, 1.82) is 0 Å². The van der Waals surface area contributed by atoms with E-state index in [4.69, 9.17) is 4.52 Å². The summed E-state index contributed by atoms with van der Waals surface area (Å²) in [5.41, 5.74) is 1.14. The molecule has 4 aromatic rings. The SMILES string of the molecule is Cc1cc(NC(=O)Cn2ncc3c4ccccc4n(C)c3c2=O)no1. The molecular weight excluding hydrogens is 322 g/mol. The second kappa shape index (κ2) is 5.59. The molecule has 0 aliphatic heterocycles. The fraction of sp³-hybridized carbons (Fsp3) is 0.176. The van der Waals surface area contributed by atoms with Crippen molar-refractivity contribution in [2.75, 3.05) is 5.32 Å². The van der Waals surface area contributed by atoms with E-state index in [1.54, 1.807) is 19.2 Å². The Labute approximate surface area is 141 Å². The topological polar surface area (TPSA) is 95.0 Å². The second-order valence-electron chi connectivity index (χ2n) is 5.82. The molecule has 0 fully saturated rings. The Morgan fingerprint density at radius 1 is 1.28 bits per heavy atom. The van der Waals surface area contributed by atoms with Crippen LogP contribution < -0.4 is 10.9 Å². The van der Waals surface area contributed by atoms with Gasteiger partial charge in [-0.05, 0) is 13.0 Å². The predicted octanol–water partition coefficient (Wildman–Crippen LogP) is 1.82. The van der Waals surface area contributed by atoms with Crippen LogP contribution in [0.1, 0.15) is 5.76 Å². The van der Waals surface area contributed by atoms with E-state index in [0.29, 0.717) is 17.1 Å². The lowest BCUT2D eigenvalue weighted by molar-refractivity contribution is -0.117. The first kappa shape index (κ1) is 15.1. The Balaban J connectivity index is 1.72. The Morgan fingerprint density at radius 3 is 2.84 bits per heavy atom. The lowest BCUT2D eigenvalue weighted by Gasteiger charge is -2.05. The van der Waals surface area contributed by atoms with Gasteiger partial charge in [-0.2, -0.15) is 5.10 Å². The molecule has 0 radical (unpaired) electrons. The van der Waals surface area contributed by atoms with Gasteiger partial charge in [0.05, 0.1) is 6.20 Å². The van der Waals surface area contributed by atoms with Crippen molar-refractivity contribution >= 4 is 33.5 Å². The number of carbonyl (C=O) groups is 1. The summed E-state index contributed by atoms with van der Waals surface area (Å²) in [5.74, 6) is 0.491. The molecule has 3 heterocycles. The van der Waals surface area contributed by atoms with E-state index in [2.05, 4.69) is 15.6 Å². The van der Waals surface area contributed by atoms with Crippen LogP contribution in [0, 0.1) is 6.92 Å². The average molecular weight is 337 g/mol. The van der Waals surface area contributed by atoms with Crippen LogP contribution in [0.3, 0.4) is 0 Å². The summed E-state index contributed by atoms with van der Waals surface area (Å²) in [7, 11) is 1.83. The minimum Gasteiger partial charge on any atom is -0.360 e. The summed E-state index contributed by atoms with van der Waals surface area (Å²) in [6.45, 7) is 1.52. The fourth-order valence-corrected chi connectivity index (χ4v) is 2.97. The van der Waals surface area contributed by atoms with Crippen LogP contribution in [-0.2, 0) is 18.4 Å². The number of para-hydroxylation sites is 1. The van der Waals surface area contributed by atoms with E-state index in [9.17, 15) is 9.59 Å². The van der Waals surface area contributed by atoms with Crippen LogP contribution in [0.2, 0.25) is 0 Å². The van der Waals surface area contributed by atoms with Crippen molar-refractivity contribution in [2.24, 2.45) is 7.05 Å². The first-order valence-electron chi connectivity index (χ1n) is 7.71. The Kier molecular flexibility index (Phi) is 3.38. The summed E-state index contributed by atoms with van der Waals surface area (Å²) in [4.78, 5) is 24.9. The van der Waals surface area contributed by atoms with Crippen LogP contribution in [0.4, 0.5) is 5.82 Å². The van der Waals surface area contributed by atoms with Gasteiger partial charge in [-0.15, -0.1) is 0 Å². The number of hydrogen-bond donors (Lipinski definition) is 1. The van der Waals surface area contributed by atoms with Gasteiger partial charge in [-0.1, -0.05) is 23.4 Å². The number of aromatic nitrogens is 4. The van der Waals surface area contributed by atoms with Gasteiger partial charge >= 0.3 is 0 Å². The van der Waals surface area contributed by atoms with Gasteiger partial charge in [0.2, 0.25) is 5.91 Å². The molecule has 126 valence electrons. The molecule has 0 unspecified atom stereocenters. The predicted molar refractivity (Wildman–Crippen MR) is 92.3 cm³/mol. The number of rotatable bonds is 3. The highest BCUT2D eigenvalue weighted by atomic mass is 16.5. The Bertz CT molecular complexity index is 1170. The Hall–Kier alpha value is -3.42. The molecule has 1 N–H and O–H groups in total. The van der Waals surface area contributed by atoms with Crippen LogP contribution >= 0.6 is 0 Å². The third-order valence-corrected chi connectivity index (χ3v) is 4.10. The second-order valence-corrected chi connectivity index (χ2v) is 5.82. The molecule has 0 saturated heterocycles. The molecule has 1 aromatic carbocycles. The maximum atomic E-state index is 12.8. The summed E-state index contributed by atoms with van der Waals surface area (Å²) in [5, 5.41) is 12.1. The molecule has 3 aromatic heterocycles. The van der Waals surface area contributed by atoms with Crippen LogP contribution in [0.25, 0.3) is 21.8 Å². The molecule has 4 rings (SSSR count). The number of amides is 1. The van der Waals surface area contributed by atoms with E-state index in [-0.39, 0.29) is 12.1 Å².